The maximum Gasteiger partial charge on any atom is 0.337 e. The SMILES string of the molecule is CC(Nc1ccc(Cl)c(C(=O)O)c1)c1ccc(C#N)cc1. The summed E-state index contributed by atoms with van der Waals surface area (Å²) in [5.74, 6) is -1.06. The van der Waals surface area contributed by atoms with E-state index in [1.165, 1.54) is 6.07 Å². The highest BCUT2D eigenvalue weighted by molar-refractivity contribution is 6.33. The highest BCUT2D eigenvalue weighted by Crippen LogP contribution is 2.24. The number of benzene rings is 2. The molecule has 0 amide bonds. The zero-order chi connectivity index (χ0) is 15.4. The number of halogens is 1. The molecule has 0 saturated carbocycles. The number of anilines is 1. The monoisotopic (exact) mass is 300 g/mol. The topological polar surface area (TPSA) is 73.1 Å². The van der Waals surface area contributed by atoms with Crippen LogP contribution in [0.25, 0.3) is 0 Å². The zero-order valence-electron chi connectivity index (χ0n) is 11.3. The highest BCUT2D eigenvalue weighted by Gasteiger charge is 2.11. The van der Waals surface area contributed by atoms with Crippen molar-refractivity contribution in [3.05, 3.63) is 64.2 Å². The van der Waals surface area contributed by atoms with Crippen LogP contribution in [0.1, 0.15) is 34.5 Å². The molecule has 21 heavy (non-hydrogen) atoms. The van der Waals surface area contributed by atoms with Crippen molar-refractivity contribution in [1.82, 2.24) is 0 Å². The standard InChI is InChI=1S/C16H13ClN2O2/c1-10(12-4-2-11(9-18)3-5-12)19-13-6-7-15(17)14(8-13)16(20)21/h2-8,10,19H,1H3,(H,20,21). The number of nitrogens with zero attached hydrogens (tertiary/aromatic N) is 1. The number of rotatable bonds is 4. The van der Waals surface area contributed by atoms with Crippen LogP contribution in [0.3, 0.4) is 0 Å². The van der Waals surface area contributed by atoms with Crippen LogP contribution in [-0.4, -0.2) is 11.1 Å². The Hall–Kier alpha value is -2.51. The van der Waals surface area contributed by atoms with Crippen molar-refractivity contribution in [2.75, 3.05) is 5.32 Å². The van der Waals surface area contributed by atoms with E-state index in [0.717, 1.165) is 5.56 Å². The van der Waals surface area contributed by atoms with E-state index < -0.39 is 5.97 Å². The van der Waals surface area contributed by atoms with Crippen LogP contribution in [0.4, 0.5) is 5.69 Å². The van der Waals surface area contributed by atoms with Gasteiger partial charge >= 0.3 is 5.97 Å². The van der Waals surface area contributed by atoms with Gasteiger partial charge in [0.2, 0.25) is 0 Å². The summed E-state index contributed by atoms with van der Waals surface area (Å²) < 4.78 is 0. The Kier molecular flexibility index (Phi) is 4.46. The fourth-order valence-electron chi connectivity index (χ4n) is 1.96. The van der Waals surface area contributed by atoms with Crippen LogP contribution in [0.5, 0.6) is 0 Å². The average molecular weight is 301 g/mol. The van der Waals surface area contributed by atoms with Crippen molar-refractivity contribution in [1.29, 1.82) is 5.26 Å². The Balaban J connectivity index is 2.19. The molecule has 0 aromatic heterocycles. The van der Waals surface area contributed by atoms with Gasteiger partial charge in [0.05, 0.1) is 22.2 Å². The van der Waals surface area contributed by atoms with Gasteiger partial charge in [-0.15, -0.1) is 0 Å². The summed E-state index contributed by atoms with van der Waals surface area (Å²) in [6, 6.07) is 14.1. The smallest absolute Gasteiger partial charge is 0.337 e. The Labute approximate surface area is 127 Å². The molecule has 0 heterocycles. The van der Waals surface area contributed by atoms with E-state index in [1.807, 2.05) is 19.1 Å². The van der Waals surface area contributed by atoms with Crippen LogP contribution in [-0.2, 0) is 0 Å². The van der Waals surface area contributed by atoms with E-state index in [0.29, 0.717) is 11.3 Å². The molecule has 0 bridgehead atoms. The molecule has 4 nitrogen and oxygen atoms in total. The van der Waals surface area contributed by atoms with Gasteiger partial charge in [-0.05, 0) is 42.8 Å². The normalized spacial score (nSPS) is 11.5. The molecule has 2 rings (SSSR count). The molecular formula is C16H13ClN2O2. The second kappa shape index (κ2) is 6.29. The lowest BCUT2D eigenvalue weighted by atomic mass is 10.1. The van der Waals surface area contributed by atoms with E-state index >= 15 is 0 Å². The summed E-state index contributed by atoms with van der Waals surface area (Å²) in [7, 11) is 0. The second-order valence-electron chi connectivity index (χ2n) is 4.60. The van der Waals surface area contributed by atoms with Gasteiger partial charge < -0.3 is 10.4 Å². The lowest BCUT2D eigenvalue weighted by Crippen LogP contribution is -2.07. The Morgan fingerprint density at radius 3 is 2.52 bits per heavy atom. The molecule has 0 radical (unpaired) electrons. The molecule has 2 aromatic carbocycles. The molecule has 0 saturated heterocycles. The molecule has 0 aliphatic heterocycles. The first-order valence-electron chi connectivity index (χ1n) is 6.30. The number of carbonyl (C=O) groups is 1. The van der Waals surface area contributed by atoms with E-state index in [4.69, 9.17) is 22.0 Å². The molecule has 2 aromatic rings. The van der Waals surface area contributed by atoms with Gasteiger partial charge in [-0.25, -0.2) is 4.79 Å². The Morgan fingerprint density at radius 1 is 1.29 bits per heavy atom. The van der Waals surface area contributed by atoms with E-state index in [2.05, 4.69) is 11.4 Å². The predicted molar refractivity (Wildman–Crippen MR) is 81.6 cm³/mol. The van der Waals surface area contributed by atoms with Crippen LogP contribution < -0.4 is 5.32 Å². The van der Waals surface area contributed by atoms with Crippen LogP contribution >= 0.6 is 11.6 Å². The van der Waals surface area contributed by atoms with Crippen LogP contribution in [0, 0.1) is 11.3 Å². The maximum absolute atomic E-state index is 11.1. The number of nitrogens with one attached hydrogen (secondary N) is 1. The summed E-state index contributed by atoms with van der Waals surface area (Å²) in [4.78, 5) is 11.1. The first kappa shape index (κ1) is 14.9. The van der Waals surface area contributed by atoms with Crippen molar-refractivity contribution in [3.63, 3.8) is 0 Å². The summed E-state index contributed by atoms with van der Waals surface area (Å²) in [6.45, 7) is 1.95. The minimum atomic E-state index is -1.06. The summed E-state index contributed by atoms with van der Waals surface area (Å²) in [5, 5.41) is 21.3. The predicted octanol–water partition coefficient (Wildman–Crippen LogP) is 4.08. The van der Waals surface area contributed by atoms with Crippen molar-refractivity contribution < 1.29 is 9.90 Å². The number of carboxylic acids is 1. The van der Waals surface area contributed by atoms with Crippen LogP contribution in [0.15, 0.2) is 42.5 Å². The molecule has 5 heteroatoms. The van der Waals surface area contributed by atoms with Crippen molar-refractivity contribution >= 4 is 23.3 Å². The Bertz CT molecular complexity index is 705. The van der Waals surface area contributed by atoms with Crippen molar-refractivity contribution in [3.8, 4) is 6.07 Å². The third kappa shape index (κ3) is 3.53. The molecule has 106 valence electrons. The third-order valence-electron chi connectivity index (χ3n) is 3.12. The molecule has 1 atom stereocenters. The van der Waals surface area contributed by atoms with E-state index in [9.17, 15) is 4.79 Å². The quantitative estimate of drug-likeness (QED) is 0.892. The van der Waals surface area contributed by atoms with Crippen LogP contribution in [0.2, 0.25) is 5.02 Å². The number of carboxylic acid groups (broad SMARTS) is 1. The fourth-order valence-corrected chi connectivity index (χ4v) is 2.16. The van der Waals surface area contributed by atoms with Gasteiger partial charge in [0, 0.05) is 11.7 Å². The maximum atomic E-state index is 11.1. The summed E-state index contributed by atoms with van der Waals surface area (Å²) in [5.41, 5.74) is 2.34. The number of hydrogen-bond acceptors (Lipinski definition) is 3. The molecule has 0 aliphatic rings. The first-order chi connectivity index (χ1) is 10.0. The van der Waals surface area contributed by atoms with E-state index in [-0.39, 0.29) is 16.6 Å². The van der Waals surface area contributed by atoms with Gasteiger partial charge in [0.1, 0.15) is 0 Å². The van der Waals surface area contributed by atoms with Gasteiger partial charge in [-0.1, -0.05) is 23.7 Å². The molecular weight excluding hydrogens is 288 g/mol. The lowest BCUT2D eigenvalue weighted by molar-refractivity contribution is 0.0697. The van der Waals surface area contributed by atoms with Gasteiger partial charge in [0.25, 0.3) is 0 Å². The number of aromatic carboxylic acids is 1. The lowest BCUT2D eigenvalue weighted by Gasteiger charge is -2.16. The summed E-state index contributed by atoms with van der Waals surface area (Å²) >= 11 is 5.84. The second-order valence-corrected chi connectivity index (χ2v) is 5.01. The highest BCUT2D eigenvalue weighted by atomic mass is 35.5. The zero-order valence-corrected chi connectivity index (χ0v) is 12.1. The molecule has 0 fully saturated rings. The van der Waals surface area contributed by atoms with Crippen molar-refractivity contribution in [2.45, 2.75) is 13.0 Å². The molecule has 0 spiro atoms. The van der Waals surface area contributed by atoms with Gasteiger partial charge in [-0.2, -0.15) is 5.26 Å². The van der Waals surface area contributed by atoms with Crippen molar-refractivity contribution in [2.24, 2.45) is 0 Å². The number of nitriles is 1. The first-order valence-corrected chi connectivity index (χ1v) is 6.68. The molecule has 1 unspecified atom stereocenters. The number of hydrogen-bond donors (Lipinski definition) is 2. The fraction of sp³-hybridized carbons (Fsp3) is 0.125. The van der Waals surface area contributed by atoms with E-state index in [1.54, 1.807) is 24.3 Å². The molecule has 2 N–H and O–H groups in total. The van der Waals surface area contributed by atoms with Gasteiger partial charge in [0.15, 0.2) is 0 Å². The minimum absolute atomic E-state index is 0.0273. The molecule has 0 aliphatic carbocycles. The summed E-state index contributed by atoms with van der Waals surface area (Å²) in [6.07, 6.45) is 0. The third-order valence-corrected chi connectivity index (χ3v) is 3.45. The largest absolute Gasteiger partial charge is 0.478 e. The Morgan fingerprint density at radius 2 is 1.95 bits per heavy atom. The average Bonchev–Trinajstić information content (AvgIpc) is 2.49. The van der Waals surface area contributed by atoms with Gasteiger partial charge in [-0.3, -0.25) is 0 Å². The minimum Gasteiger partial charge on any atom is -0.478 e.